The van der Waals surface area contributed by atoms with Gasteiger partial charge >= 0.3 is 0 Å². The van der Waals surface area contributed by atoms with Crippen molar-refractivity contribution in [3.8, 4) is 0 Å². The molecule has 1 saturated heterocycles. The van der Waals surface area contributed by atoms with Crippen molar-refractivity contribution in [2.24, 2.45) is 0 Å². The molecule has 3 amide bonds. The first-order valence-electron chi connectivity index (χ1n) is 6.21. The Morgan fingerprint density at radius 3 is 2.70 bits per heavy atom. The number of piperazine rings is 1. The molecular weight excluding hydrogens is 276 g/mol. The highest BCUT2D eigenvalue weighted by molar-refractivity contribution is 7.12. The van der Waals surface area contributed by atoms with E-state index in [1.807, 2.05) is 19.1 Å². The molecule has 1 aromatic rings. The van der Waals surface area contributed by atoms with Gasteiger partial charge in [-0.3, -0.25) is 19.7 Å². The lowest BCUT2D eigenvalue weighted by atomic mass is 9.98. The van der Waals surface area contributed by atoms with Crippen LogP contribution >= 0.6 is 11.3 Å². The van der Waals surface area contributed by atoms with E-state index in [4.69, 9.17) is 0 Å². The molecule has 106 valence electrons. The average Bonchev–Trinajstić information content (AvgIpc) is 2.77. The molecule has 0 aliphatic carbocycles. The minimum Gasteiger partial charge on any atom is -0.316 e. The molecule has 0 spiro atoms. The zero-order valence-electron chi connectivity index (χ0n) is 11.6. The van der Waals surface area contributed by atoms with Crippen molar-refractivity contribution in [1.82, 2.24) is 10.2 Å². The van der Waals surface area contributed by atoms with Crippen LogP contribution in [-0.4, -0.2) is 34.7 Å². The average molecular weight is 292 g/mol. The van der Waals surface area contributed by atoms with Crippen LogP contribution in [0.15, 0.2) is 18.2 Å². The normalized spacial score (nSPS) is 18.4. The topological polar surface area (TPSA) is 66.5 Å². The summed E-state index contributed by atoms with van der Waals surface area (Å²) in [6.07, 6.45) is 3.10. The lowest BCUT2D eigenvalue weighted by molar-refractivity contribution is -0.153. The Balaban J connectivity index is 2.17. The van der Waals surface area contributed by atoms with Crippen LogP contribution in [0.4, 0.5) is 0 Å². The predicted molar refractivity (Wildman–Crippen MR) is 77.0 cm³/mol. The van der Waals surface area contributed by atoms with E-state index >= 15 is 0 Å². The van der Waals surface area contributed by atoms with Gasteiger partial charge in [-0.1, -0.05) is 0 Å². The number of amides is 3. The van der Waals surface area contributed by atoms with Crippen molar-refractivity contribution in [3.63, 3.8) is 0 Å². The second-order valence-electron chi connectivity index (χ2n) is 5.14. The van der Waals surface area contributed by atoms with Gasteiger partial charge in [-0.25, -0.2) is 0 Å². The molecule has 0 aromatic carbocycles. The molecule has 0 atom stereocenters. The van der Waals surface area contributed by atoms with Gasteiger partial charge in [0.25, 0.3) is 5.91 Å². The largest absolute Gasteiger partial charge is 0.316 e. The summed E-state index contributed by atoms with van der Waals surface area (Å²) in [5.74, 6) is -1.25. The molecule has 2 rings (SSSR count). The summed E-state index contributed by atoms with van der Waals surface area (Å²) in [4.78, 5) is 38.8. The predicted octanol–water partition coefficient (Wildman–Crippen LogP) is 1.33. The van der Waals surface area contributed by atoms with Gasteiger partial charge < -0.3 is 4.90 Å². The zero-order valence-corrected chi connectivity index (χ0v) is 12.4. The second-order valence-corrected chi connectivity index (χ2v) is 6.46. The van der Waals surface area contributed by atoms with Crippen molar-refractivity contribution < 1.29 is 14.4 Å². The van der Waals surface area contributed by atoms with Crippen LogP contribution in [0.2, 0.25) is 0 Å². The molecule has 1 aliphatic heterocycles. The molecule has 0 unspecified atom stereocenters. The molecule has 0 bridgehead atoms. The Bertz CT molecular complexity index is 601. The Labute approximate surface area is 121 Å². The highest BCUT2D eigenvalue weighted by Crippen LogP contribution is 2.20. The highest BCUT2D eigenvalue weighted by Gasteiger charge is 2.42. The van der Waals surface area contributed by atoms with Gasteiger partial charge in [0, 0.05) is 15.8 Å². The minimum atomic E-state index is -1.03. The fourth-order valence-electron chi connectivity index (χ4n) is 1.92. The van der Waals surface area contributed by atoms with Crippen LogP contribution in [0.1, 0.15) is 23.6 Å². The van der Waals surface area contributed by atoms with Crippen molar-refractivity contribution in [1.29, 1.82) is 0 Å². The van der Waals surface area contributed by atoms with Gasteiger partial charge in [0.15, 0.2) is 0 Å². The van der Waals surface area contributed by atoms with Gasteiger partial charge in [-0.2, -0.15) is 0 Å². The summed E-state index contributed by atoms with van der Waals surface area (Å²) in [6.45, 7) is 5.12. The summed E-state index contributed by atoms with van der Waals surface area (Å²) >= 11 is 1.57. The van der Waals surface area contributed by atoms with Crippen molar-refractivity contribution in [3.05, 3.63) is 28.0 Å². The number of carbonyl (C=O) groups excluding carboxylic acids is 3. The monoisotopic (exact) mass is 292 g/mol. The number of hydrogen-bond donors (Lipinski definition) is 1. The van der Waals surface area contributed by atoms with Gasteiger partial charge in [0.1, 0.15) is 12.1 Å². The van der Waals surface area contributed by atoms with E-state index in [0.717, 1.165) is 9.75 Å². The van der Waals surface area contributed by atoms with Crippen LogP contribution in [0.3, 0.4) is 0 Å². The third-order valence-electron chi connectivity index (χ3n) is 3.20. The van der Waals surface area contributed by atoms with Crippen LogP contribution in [0.25, 0.3) is 6.08 Å². The minimum absolute atomic E-state index is 0.106. The lowest BCUT2D eigenvalue weighted by Gasteiger charge is -2.39. The van der Waals surface area contributed by atoms with Crippen molar-refractivity contribution in [2.45, 2.75) is 26.3 Å². The van der Waals surface area contributed by atoms with Crippen molar-refractivity contribution in [2.75, 3.05) is 6.54 Å². The van der Waals surface area contributed by atoms with Crippen LogP contribution in [0.5, 0.6) is 0 Å². The molecule has 1 fully saturated rings. The van der Waals surface area contributed by atoms with E-state index in [-0.39, 0.29) is 12.5 Å². The van der Waals surface area contributed by atoms with Gasteiger partial charge in [0.05, 0.1) is 0 Å². The van der Waals surface area contributed by atoms with Crippen LogP contribution < -0.4 is 5.32 Å². The number of imide groups is 1. The Hall–Kier alpha value is -1.95. The smallest absolute Gasteiger partial charge is 0.252 e. The summed E-state index contributed by atoms with van der Waals surface area (Å²) < 4.78 is 0. The maximum Gasteiger partial charge on any atom is 0.252 e. The molecule has 2 heterocycles. The quantitative estimate of drug-likeness (QED) is 0.660. The summed E-state index contributed by atoms with van der Waals surface area (Å²) in [5, 5.41) is 2.24. The number of nitrogens with one attached hydrogen (secondary N) is 1. The number of thiophene rings is 1. The lowest BCUT2D eigenvalue weighted by Crippen LogP contribution is -2.65. The molecule has 1 aliphatic rings. The first-order chi connectivity index (χ1) is 9.30. The number of hydrogen-bond acceptors (Lipinski definition) is 4. The molecule has 6 heteroatoms. The molecular formula is C14H16N2O3S. The standard InChI is InChI=1S/C14H16N2O3S/c1-9-4-5-10(20-9)6-7-12(18)16-8-11(17)15-13(19)14(16,2)3/h4-7H,8H2,1-3H3,(H,15,17,19). The summed E-state index contributed by atoms with van der Waals surface area (Å²) in [6, 6.07) is 3.89. The number of nitrogens with zero attached hydrogens (tertiary/aromatic N) is 1. The van der Waals surface area contributed by atoms with Gasteiger partial charge in [0.2, 0.25) is 11.8 Å². The number of carbonyl (C=O) groups is 3. The van der Waals surface area contributed by atoms with E-state index in [9.17, 15) is 14.4 Å². The highest BCUT2D eigenvalue weighted by atomic mass is 32.1. The molecule has 5 nitrogen and oxygen atoms in total. The Kier molecular flexibility index (Phi) is 3.76. The van der Waals surface area contributed by atoms with Gasteiger partial charge in [-0.15, -0.1) is 11.3 Å². The fourth-order valence-corrected chi connectivity index (χ4v) is 2.70. The Morgan fingerprint density at radius 2 is 2.10 bits per heavy atom. The molecule has 20 heavy (non-hydrogen) atoms. The molecule has 1 aromatic heterocycles. The number of aryl methyl sites for hydroxylation is 1. The molecule has 0 saturated carbocycles. The third-order valence-corrected chi connectivity index (χ3v) is 4.17. The molecule has 0 radical (unpaired) electrons. The van der Waals surface area contributed by atoms with E-state index in [1.165, 1.54) is 11.0 Å². The first kappa shape index (κ1) is 14.5. The number of rotatable bonds is 2. The SMILES string of the molecule is Cc1ccc(C=CC(=O)N2CC(=O)NC(=O)C2(C)C)s1. The summed E-state index contributed by atoms with van der Waals surface area (Å²) in [7, 11) is 0. The van der Waals surface area contributed by atoms with Crippen LogP contribution in [0, 0.1) is 6.92 Å². The van der Waals surface area contributed by atoms with E-state index < -0.39 is 17.4 Å². The third kappa shape index (κ3) is 2.80. The van der Waals surface area contributed by atoms with E-state index in [2.05, 4.69) is 5.32 Å². The van der Waals surface area contributed by atoms with Crippen LogP contribution in [-0.2, 0) is 14.4 Å². The molecule has 1 N–H and O–H groups in total. The maximum absolute atomic E-state index is 12.2. The summed E-state index contributed by atoms with van der Waals surface area (Å²) in [5.41, 5.74) is -1.03. The van der Waals surface area contributed by atoms with Crippen molar-refractivity contribution >= 4 is 35.1 Å². The fraction of sp³-hybridized carbons (Fsp3) is 0.357. The Morgan fingerprint density at radius 1 is 1.40 bits per heavy atom. The van der Waals surface area contributed by atoms with Gasteiger partial charge in [-0.05, 0) is 39.0 Å². The zero-order chi connectivity index (χ0) is 14.9. The maximum atomic E-state index is 12.2. The second kappa shape index (κ2) is 5.20. The first-order valence-corrected chi connectivity index (χ1v) is 7.03. The van der Waals surface area contributed by atoms with E-state index in [1.54, 1.807) is 31.3 Å². The van der Waals surface area contributed by atoms with E-state index in [0.29, 0.717) is 0 Å².